The second kappa shape index (κ2) is 8.07. The maximum atomic E-state index is 11.1. The van der Waals surface area contributed by atoms with E-state index in [1.54, 1.807) is 0 Å². The summed E-state index contributed by atoms with van der Waals surface area (Å²) in [5.74, 6) is 0. The Kier molecular flexibility index (Phi) is 7.38. The van der Waals surface area contributed by atoms with E-state index in [0.717, 1.165) is 0 Å². The van der Waals surface area contributed by atoms with Gasteiger partial charge in [0.2, 0.25) is 0 Å². The predicted octanol–water partition coefficient (Wildman–Crippen LogP) is -6.25. The topological polar surface area (TPSA) is 189 Å². The van der Waals surface area contributed by atoms with Gasteiger partial charge in [-0.15, -0.1) is 10.1 Å². The van der Waals surface area contributed by atoms with E-state index in [1.807, 2.05) is 0 Å². The van der Waals surface area contributed by atoms with Crippen molar-refractivity contribution in [1.82, 2.24) is 0 Å². The summed E-state index contributed by atoms with van der Waals surface area (Å²) in [7, 11) is -5.03. The fraction of sp³-hybridized carbons (Fsp3) is 1.00. The van der Waals surface area contributed by atoms with Gasteiger partial charge in [-0.1, -0.05) is 0 Å². The third-order valence-corrected chi connectivity index (χ3v) is 5.11. The Morgan fingerprint density at radius 3 is 2.58 bits per heavy atom. The summed E-state index contributed by atoms with van der Waals surface area (Å²) in [6, 6.07) is 0. The number of fused-ring (bicyclic) bond motifs is 1. The van der Waals surface area contributed by atoms with Crippen LogP contribution in [0, 0.1) is 10.1 Å². The van der Waals surface area contributed by atoms with Gasteiger partial charge in [0.25, 0.3) is 5.09 Å². The standard InChI is InChI=1S/C10H17NO11S.Na/c12-6-3-20-9-8(6)21-4-10(9,14)7(13)1-5(23(17,18)19)2-22-11(15)16;/h5-9,12-14H,1-4H2,(H,17,18,19);/q;+1/p-1/t5?,6-,7?,8+,9-,10+;/m0./s1. The van der Waals surface area contributed by atoms with Crippen molar-refractivity contribution in [3.8, 4) is 0 Å². The number of hydrogen-bond acceptors (Lipinski definition) is 11. The molecule has 2 aliphatic heterocycles. The van der Waals surface area contributed by atoms with Crippen LogP contribution in [0.15, 0.2) is 0 Å². The summed E-state index contributed by atoms with van der Waals surface area (Å²) in [4.78, 5) is 14.0. The van der Waals surface area contributed by atoms with Gasteiger partial charge in [-0.05, 0) is 6.42 Å². The van der Waals surface area contributed by atoms with Crippen LogP contribution in [-0.4, -0.2) is 88.5 Å². The second-order valence-electron chi connectivity index (χ2n) is 5.47. The molecule has 12 nitrogen and oxygen atoms in total. The Morgan fingerprint density at radius 2 is 2.04 bits per heavy atom. The third-order valence-electron chi connectivity index (χ3n) is 3.96. The zero-order valence-electron chi connectivity index (χ0n) is 12.7. The molecule has 0 amide bonds. The maximum Gasteiger partial charge on any atom is 1.00 e. The molecular formula is C10H16NNaO11S. The molecule has 0 aromatic carbocycles. The van der Waals surface area contributed by atoms with E-state index >= 15 is 0 Å². The van der Waals surface area contributed by atoms with Crippen LogP contribution in [0.4, 0.5) is 0 Å². The number of ether oxygens (including phenoxy) is 2. The minimum Gasteiger partial charge on any atom is -0.748 e. The molecule has 2 saturated heterocycles. The molecule has 2 rings (SSSR count). The number of nitrogens with zero attached hydrogens (tertiary/aromatic N) is 1. The van der Waals surface area contributed by atoms with Crippen LogP contribution in [0.5, 0.6) is 0 Å². The molecule has 0 aliphatic carbocycles. The van der Waals surface area contributed by atoms with Gasteiger partial charge in [-0.3, -0.25) is 0 Å². The zero-order chi connectivity index (χ0) is 17.4. The van der Waals surface area contributed by atoms with Gasteiger partial charge in [-0.2, -0.15) is 0 Å². The molecule has 0 radical (unpaired) electrons. The first-order chi connectivity index (χ1) is 10.6. The summed E-state index contributed by atoms with van der Waals surface area (Å²) in [5, 5.41) is 37.1. The van der Waals surface area contributed by atoms with Crippen molar-refractivity contribution in [1.29, 1.82) is 0 Å². The molecule has 134 valence electrons. The Morgan fingerprint density at radius 1 is 1.42 bits per heavy atom. The smallest absolute Gasteiger partial charge is 0.748 e. The van der Waals surface area contributed by atoms with Crippen LogP contribution >= 0.6 is 0 Å². The largest absolute Gasteiger partial charge is 1.00 e. The molecule has 0 bridgehead atoms. The van der Waals surface area contributed by atoms with E-state index < -0.39 is 70.1 Å². The van der Waals surface area contributed by atoms with Crippen LogP contribution in [0.25, 0.3) is 0 Å². The molecule has 6 atom stereocenters. The molecule has 24 heavy (non-hydrogen) atoms. The summed E-state index contributed by atoms with van der Waals surface area (Å²) in [6.07, 6.45) is -5.64. The van der Waals surface area contributed by atoms with Crippen molar-refractivity contribution >= 4 is 10.1 Å². The summed E-state index contributed by atoms with van der Waals surface area (Å²) in [5.41, 5.74) is -2.06. The Balaban J connectivity index is 0.00000288. The normalized spacial score (nSPS) is 34.9. The van der Waals surface area contributed by atoms with Gasteiger partial charge < -0.3 is 34.2 Å². The molecule has 3 N–H and O–H groups in total. The first-order valence-electron chi connectivity index (χ1n) is 6.59. The minimum atomic E-state index is -5.03. The summed E-state index contributed by atoms with van der Waals surface area (Å²) in [6.45, 7) is -1.68. The molecule has 2 unspecified atom stereocenters. The molecule has 0 aromatic heterocycles. The van der Waals surface area contributed by atoms with Crippen molar-refractivity contribution in [3.05, 3.63) is 10.1 Å². The Labute approximate surface area is 158 Å². The average molecular weight is 381 g/mol. The second-order valence-corrected chi connectivity index (χ2v) is 7.13. The zero-order valence-corrected chi connectivity index (χ0v) is 15.5. The fourth-order valence-electron chi connectivity index (χ4n) is 2.68. The monoisotopic (exact) mass is 381 g/mol. The Hall–Kier alpha value is -0.0900. The quantitative estimate of drug-likeness (QED) is 0.165. The van der Waals surface area contributed by atoms with E-state index in [0.29, 0.717) is 0 Å². The maximum absolute atomic E-state index is 11.1. The summed E-state index contributed by atoms with van der Waals surface area (Å²) < 4.78 is 43.7. The van der Waals surface area contributed by atoms with Crippen LogP contribution in [0.2, 0.25) is 0 Å². The van der Waals surface area contributed by atoms with Crippen molar-refractivity contribution in [2.45, 2.75) is 41.7 Å². The van der Waals surface area contributed by atoms with Crippen molar-refractivity contribution in [3.63, 3.8) is 0 Å². The van der Waals surface area contributed by atoms with Gasteiger partial charge in [0.05, 0.1) is 34.7 Å². The van der Waals surface area contributed by atoms with Gasteiger partial charge in [0.1, 0.15) is 30.5 Å². The van der Waals surface area contributed by atoms with Gasteiger partial charge in [0, 0.05) is 0 Å². The van der Waals surface area contributed by atoms with E-state index in [1.165, 1.54) is 0 Å². The van der Waals surface area contributed by atoms with E-state index in [4.69, 9.17) is 9.47 Å². The van der Waals surface area contributed by atoms with Crippen LogP contribution < -0.4 is 29.6 Å². The number of rotatable bonds is 7. The predicted molar refractivity (Wildman–Crippen MR) is 67.5 cm³/mol. The van der Waals surface area contributed by atoms with Crippen LogP contribution in [0.3, 0.4) is 0 Å². The Bertz CT molecular complexity index is 559. The first-order valence-corrected chi connectivity index (χ1v) is 8.06. The molecule has 2 fully saturated rings. The molecule has 0 aromatic rings. The van der Waals surface area contributed by atoms with Crippen molar-refractivity contribution in [2.75, 3.05) is 19.8 Å². The summed E-state index contributed by atoms with van der Waals surface area (Å²) >= 11 is 0. The molecule has 2 aliphatic rings. The van der Waals surface area contributed by atoms with Gasteiger partial charge in [0.15, 0.2) is 0 Å². The van der Waals surface area contributed by atoms with Gasteiger partial charge in [-0.25, -0.2) is 8.42 Å². The van der Waals surface area contributed by atoms with Crippen LogP contribution in [0.1, 0.15) is 6.42 Å². The van der Waals surface area contributed by atoms with Crippen LogP contribution in [-0.2, 0) is 24.4 Å². The molecular weight excluding hydrogens is 365 g/mol. The third kappa shape index (κ3) is 4.55. The first kappa shape index (κ1) is 22.0. The van der Waals surface area contributed by atoms with Crippen molar-refractivity contribution < 1.29 is 77.2 Å². The fourth-order valence-corrected chi connectivity index (χ4v) is 3.33. The van der Waals surface area contributed by atoms with Crippen molar-refractivity contribution in [2.24, 2.45) is 0 Å². The number of hydrogen-bond donors (Lipinski definition) is 3. The van der Waals surface area contributed by atoms with Gasteiger partial charge >= 0.3 is 29.6 Å². The number of aliphatic hydroxyl groups excluding tert-OH is 2. The molecule has 14 heteroatoms. The van der Waals surface area contributed by atoms with E-state index in [9.17, 15) is 38.4 Å². The van der Waals surface area contributed by atoms with E-state index in [-0.39, 0.29) is 36.2 Å². The molecule has 0 spiro atoms. The van der Waals surface area contributed by atoms with E-state index in [2.05, 4.69) is 4.84 Å². The molecule has 0 saturated carbocycles. The number of aliphatic hydroxyl groups is 3. The average Bonchev–Trinajstić information content (AvgIpc) is 2.96. The SMILES string of the molecule is O=[N+]([O-])OCC(CC(O)[C@]1(O)CO[C@@H]2[C@@H](O)CO[C@@H]21)S(=O)(=O)[O-].[Na+]. The molecule has 2 heterocycles. The minimum absolute atomic E-state index is 0.